The number of nitrogens with one attached hydrogen (secondary N) is 5. The van der Waals surface area contributed by atoms with Crippen LogP contribution in [0.2, 0.25) is 0 Å². The Bertz CT molecular complexity index is 1910. The van der Waals surface area contributed by atoms with E-state index in [1.165, 1.54) is 14.2 Å². The number of halogens is 6. The van der Waals surface area contributed by atoms with Gasteiger partial charge in [-0.3, -0.25) is 28.8 Å². The second kappa shape index (κ2) is 27.2. The molecule has 0 aliphatic rings. The summed E-state index contributed by atoms with van der Waals surface area (Å²) in [4.78, 5) is 84.4. The molecule has 0 aromatic heterocycles. The summed E-state index contributed by atoms with van der Waals surface area (Å²) >= 11 is 10.5. The number of anilines is 2. The van der Waals surface area contributed by atoms with Crippen LogP contribution in [0.15, 0.2) is 0 Å². The Hall–Kier alpha value is -0.560. The molecule has 0 heterocycles. The number of ether oxygens (including phenoxy) is 1. The minimum absolute atomic E-state index is 0.0102. The van der Waals surface area contributed by atoms with Crippen molar-refractivity contribution in [1.82, 2.24) is 21.3 Å². The SMILES string of the molecule is CNCC(=O)N(CC(=O)c1c(I)c(NC(=O)COC)c(I)c(C(=O)NCC(O)CO)c1I)c1c(I)c(C(=O)NC(CO)C(O)CO)c(I)c(C(=O)NC(CO)C(O)CO)c1I. The first-order valence-corrected chi connectivity index (χ1v) is 23.9. The zero-order valence-electron chi connectivity index (χ0n) is 31.9. The summed E-state index contributed by atoms with van der Waals surface area (Å²) < 4.78 is 5.28. The number of Topliss-reactive ketones (excluding diaryl/α,β-unsaturated/α-hetero) is 1. The van der Waals surface area contributed by atoms with Crippen LogP contribution < -0.4 is 31.5 Å². The summed E-state index contributed by atoms with van der Waals surface area (Å²) in [7, 11) is 2.73. The van der Waals surface area contributed by atoms with Crippen molar-refractivity contribution < 1.29 is 74.4 Å². The number of aliphatic hydroxyl groups is 8. The molecular weight excluding hydrogens is 1490 g/mol. The molecule has 0 spiro atoms. The van der Waals surface area contributed by atoms with Gasteiger partial charge < -0.3 is 77.1 Å². The summed E-state index contributed by atoms with van der Waals surface area (Å²) in [6.45, 7) is -6.01. The second-order valence-electron chi connectivity index (χ2n) is 12.6. The van der Waals surface area contributed by atoms with E-state index in [0.717, 1.165) is 4.90 Å². The van der Waals surface area contributed by atoms with Crippen LogP contribution in [-0.4, -0.2) is 180 Å². The molecule has 5 amide bonds. The van der Waals surface area contributed by atoms with Crippen LogP contribution in [0.3, 0.4) is 0 Å². The van der Waals surface area contributed by atoms with Gasteiger partial charge in [-0.1, -0.05) is 0 Å². The Morgan fingerprint density at radius 3 is 1.52 bits per heavy atom. The number of amides is 5. The Morgan fingerprint density at radius 1 is 0.639 bits per heavy atom. The normalized spacial score (nSPS) is 13.7. The number of aliphatic hydroxyl groups excluding tert-OH is 8. The van der Waals surface area contributed by atoms with Gasteiger partial charge in [-0.2, -0.15) is 0 Å². The lowest BCUT2D eigenvalue weighted by Gasteiger charge is -2.29. The van der Waals surface area contributed by atoms with Gasteiger partial charge in [-0.25, -0.2) is 0 Å². The maximum atomic E-state index is 14.8. The largest absolute Gasteiger partial charge is 0.394 e. The molecule has 21 nitrogen and oxygen atoms in total. The van der Waals surface area contributed by atoms with Gasteiger partial charge in [0.05, 0.1) is 115 Å². The number of hydrogen-bond acceptors (Lipinski definition) is 16. The lowest BCUT2D eigenvalue weighted by Crippen LogP contribution is -2.49. The van der Waals surface area contributed by atoms with Crippen molar-refractivity contribution in [2.24, 2.45) is 0 Å². The third-order valence-corrected chi connectivity index (χ3v) is 14.8. The van der Waals surface area contributed by atoms with Gasteiger partial charge in [0.2, 0.25) is 11.8 Å². The van der Waals surface area contributed by atoms with E-state index < -0.39 is 118 Å². The average molecular weight is 1540 g/mol. The van der Waals surface area contributed by atoms with Crippen molar-refractivity contribution in [3.63, 3.8) is 0 Å². The van der Waals surface area contributed by atoms with Gasteiger partial charge in [0.25, 0.3) is 17.7 Å². The zero-order valence-corrected chi connectivity index (χ0v) is 44.8. The topological polar surface area (TPSA) is 337 Å². The van der Waals surface area contributed by atoms with Gasteiger partial charge in [-0.15, -0.1) is 0 Å². The summed E-state index contributed by atoms with van der Waals surface area (Å²) in [6, 6.07) is -2.82. The predicted molar refractivity (Wildman–Crippen MR) is 269 cm³/mol. The number of likely N-dealkylation sites (N-methyl/N-ethyl adjacent to an activating group) is 1. The fraction of sp³-hybridized carbons (Fsp3) is 0.471. The standard InChI is InChI=1S/C34H42I6N6O15/c1-41-4-19(57)46(5-15(53)20-24(35)21(32(58)42-3-12(52)6-47)27(38)30(26(20)37)45-18(56)11-61-2)31-28(39)22(33(59)43-13(7-48)16(54)9-50)25(36)23(29(31)40)34(60)44-14(8-49)17(55)10-51/h12-14,16-17,41,47-52,54-55H,3-11H2,1-2H3,(H,42,58)(H,43,59)(H,44,60)(H,45,56). The molecule has 0 fully saturated rings. The molecule has 0 saturated heterocycles. The summed E-state index contributed by atoms with van der Waals surface area (Å²) in [5, 5.41) is 91.2. The lowest BCUT2D eigenvalue weighted by molar-refractivity contribution is -0.119. The van der Waals surface area contributed by atoms with Crippen molar-refractivity contribution in [1.29, 1.82) is 0 Å². The fourth-order valence-electron chi connectivity index (χ4n) is 5.20. The van der Waals surface area contributed by atoms with Crippen LogP contribution in [0.5, 0.6) is 0 Å². The Morgan fingerprint density at radius 2 is 1.10 bits per heavy atom. The van der Waals surface area contributed by atoms with E-state index in [2.05, 4.69) is 26.6 Å². The third-order valence-electron chi connectivity index (χ3n) is 8.35. The number of methoxy groups -OCH3 is 1. The number of hydrogen-bond donors (Lipinski definition) is 13. The molecule has 340 valence electrons. The molecule has 5 atom stereocenters. The van der Waals surface area contributed by atoms with E-state index in [9.17, 15) is 69.6 Å². The predicted octanol–water partition coefficient (Wildman–Crippen LogP) is -1.69. The number of benzene rings is 2. The minimum Gasteiger partial charge on any atom is -0.394 e. The van der Waals surface area contributed by atoms with Crippen molar-refractivity contribution in [2.75, 3.05) is 83.6 Å². The van der Waals surface area contributed by atoms with E-state index in [-0.39, 0.29) is 61.6 Å². The highest BCUT2D eigenvalue weighted by Gasteiger charge is 2.37. The highest BCUT2D eigenvalue weighted by Crippen LogP contribution is 2.40. The maximum Gasteiger partial charge on any atom is 0.253 e. The van der Waals surface area contributed by atoms with E-state index >= 15 is 0 Å². The number of carbonyl (C=O) groups excluding carboxylic acids is 6. The van der Waals surface area contributed by atoms with Crippen molar-refractivity contribution in [2.45, 2.75) is 30.4 Å². The molecular formula is C34H42I6N6O15. The van der Waals surface area contributed by atoms with Gasteiger partial charge >= 0.3 is 0 Å². The summed E-state index contributed by atoms with van der Waals surface area (Å²) in [5.41, 5.74) is -0.918. The molecule has 61 heavy (non-hydrogen) atoms. The highest BCUT2D eigenvalue weighted by molar-refractivity contribution is 14.1. The van der Waals surface area contributed by atoms with Gasteiger partial charge in [-0.05, 0) is 143 Å². The molecule has 2 aromatic carbocycles. The first kappa shape index (κ1) is 56.6. The molecule has 0 bridgehead atoms. The van der Waals surface area contributed by atoms with Gasteiger partial charge in [0, 0.05) is 29.9 Å². The monoisotopic (exact) mass is 1540 g/mol. The second-order valence-corrected chi connectivity index (χ2v) is 19.1. The molecule has 0 aliphatic heterocycles. The van der Waals surface area contributed by atoms with E-state index in [4.69, 9.17) is 4.74 Å². The van der Waals surface area contributed by atoms with Crippen LogP contribution in [0, 0.1) is 21.4 Å². The fourth-order valence-corrected chi connectivity index (χ4v) is 14.5. The molecule has 5 unspecified atom stereocenters. The summed E-state index contributed by atoms with van der Waals surface area (Å²) in [5.74, 6) is -4.98. The van der Waals surface area contributed by atoms with E-state index in [0.29, 0.717) is 0 Å². The Kier molecular flexibility index (Phi) is 25.2. The first-order chi connectivity index (χ1) is 28.7. The van der Waals surface area contributed by atoms with Gasteiger partial charge in [0.15, 0.2) is 5.78 Å². The third kappa shape index (κ3) is 14.5. The maximum absolute atomic E-state index is 14.8. The van der Waals surface area contributed by atoms with Crippen LogP contribution in [-0.2, 0) is 14.3 Å². The highest BCUT2D eigenvalue weighted by atomic mass is 127. The number of nitrogens with zero attached hydrogens (tertiary/aromatic N) is 1. The van der Waals surface area contributed by atoms with Crippen LogP contribution in [0.1, 0.15) is 41.4 Å². The van der Waals surface area contributed by atoms with Crippen molar-refractivity contribution >= 4 is 182 Å². The zero-order chi connectivity index (χ0) is 46.5. The number of ketones is 1. The quantitative estimate of drug-likeness (QED) is 0.0436. The molecule has 0 radical (unpaired) electrons. The first-order valence-electron chi connectivity index (χ1n) is 17.4. The van der Waals surface area contributed by atoms with Crippen LogP contribution in [0.4, 0.5) is 11.4 Å². The lowest BCUT2D eigenvalue weighted by atomic mass is 10.0. The smallest absolute Gasteiger partial charge is 0.253 e. The minimum atomic E-state index is -1.62. The molecule has 2 aromatic rings. The molecule has 13 N–H and O–H groups in total. The molecule has 2 rings (SSSR count). The Balaban J connectivity index is 3.07. The van der Waals surface area contributed by atoms with E-state index in [1.54, 1.807) is 136 Å². The molecule has 0 aliphatic carbocycles. The van der Waals surface area contributed by atoms with Gasteiger partial charge in [0.1, 0.15) is 6.61 Å². The number of rotatable bonds is 23. The van der Waals surface area contributed by atoms with Crippen molar-refractivity contribution in [3.8, 4) is 0 Å². The van der Waals surface area contributed by atoms with Crippen molar-refractivity contribution in [3.05, 3.63) is 43.7 Å². The average Bonchev–Trinajstić information content (AvgIpc) is 3.21. The summed E-state index contributed by atoms with van der Waals surface area (Å²) in [6.07, 6.45) is -4.57. The molecule has 27 heteroatoms. The number of carbonyl (C=O) groups is 6. The molecule has 0 saturated carbocycles. The van der Waals surface area contributed by atoms with E-state index in [1.807, 2.05) is 0 Å². The van der Waals surface area contributed by atoms with Crippen LogP contribution >= 0.6 is 136 Å². The van der Waals surface area contributed by atoms with Crippen LogP contribution in [0.25, 0.3) is 0 Å². The Labute approximate surface area is 430 Å².